The van der Waals surface area contributed by atoms with E-state index < -0.39 is 6.04 Å². The second-order valence-corrected chi connectivity index (χ2v) is 4.69. The summed E-state index contributed by atoms with van der Waals surface area (Å²) in [6.45, 7) is 3.93. The third-order valence-corrected chi connectivity index (χ3v) is 3.04. The molecule has 0 aliphatic carbocycles. The van der Waals surface area contributed by atoms with Crippen LogP contribution in [0.2, 0.25) is 0 Å². The summed E-state index contributed by atoms with van der Waals surface area (Å²) in [7, 11) is 2.04. The molecule has 0 radical (unpaired) electrons. The van der Waals surface area contributed by atoms with E-state index in [4.69, 9.17) is 10.5 Å². The molecule has 1 atom stereocenters. The van der Waals surface area contributed by atoms with Crippen molar-refractivity contribution in [3.8, 4) is 0 Å². The van der Waals surface area contributed by atoms with Crippen LogP contribution < -0.4 is 5.73 Å². The van der Waals surface area contributed by atoms with Crippen molar-refractivity contribution in [2.24, 2.45) is 5.73 Å². The molecule has 2 N–H and O–H groups in total. The Bertz CT molecular complexity index is 368. The molecule has 0 aliphatic heterocycles. The zero-order valence-corrected chi connectivity index (χ0v) is 11.8. The quantitative estimate of drug-likeness (QED) is 0.722. The predicted octanol–water partition coefficient (Wildman–Crippen LogP) is 1.44. The first kappa shape index (κ1) is 15.7. The van der Waals surface area contributed by atoms with E-state index in [1.165, 1.54) is 5.56 Å². The molecule has 0 saturated carbocycles. The molecule has 106 valence electrons. The van der Waals surface area contributed by atoms with Crippen LogP contribution in [-0.4, -0.2) is 43.7 Å². The van der Waals surface area contributed by atoms with E-state index in [2.05, 4.69) is 17.0 Å². The fourth-order valence-corrected chi connectivity index (χ4v) is 1.80. The minimum Gasteiger partial charge on any atom is -0.465 e. The summed E-state index contributed by atoms with van der Waals surface area (Å²) in [4.78, 5) is 13.6. The summed E-state index contributed by atoms with van der Waals surface area (Å²) in [6.07, 6.45) is 1.64. The Labute approximate surface area is 115 Å². The third-order valence-electron chi connectivity index (χ3n) is 3.04. The molecule has 4 nitrogen and oxygen atoms in total. The molecule has 1 aromatic rings. The van der Waals surface area contributed by atoms with Crippen molar-refractivity contribution >= 4 is 5.97 Å². The van der Waals surface area contributed by atoms with Crippen molar-refractivity contribution in [1.82, 2.24) is 4.90 Å². The molecule has 1 rings (SSSR count). The molecule has 19 heavy (non-hydrogen) atoms. The molecule has 0 aliphatic rings. The second kappa shape index (κ2) is 8.67. The van der Waals surface area contributed by atoms with Crippen molar-refractivity contribution in [2.45, 2.75) is 25.8 Å². The average molecular weight is 264 g/mol. The van der Waals surface area contributed by atoms with Crippen LogP contribution in [0.4, 0.5) is 0 Å². The number of benzene rings is 1. The molecule has 0 bridgehead atoms. The lowest BCUT2D eigenvalue weighted by Gasteiger charge is -2.18. The Kier molecular flexibility index (Phi) is 7.15. The fraction of sp³-hybridized carbons (Fsp3) is 0.533. The van der Waals surface area contributed by atoms with Gasteiger partial charge in [-0.15, -0.1) is 0 Å². The molecule has 0 amide bonds. The normalized spacial score (nSPS) is 12.4. The maximum Gasteiger partial charge on any atom is 0.322 e. The van der Waals surface area contributed by atoms with Gasteiger partial charge in [0.25, 0.3) is 0 Å². The topological polar surface area (TPSA) is 55.6 Å². The number of likely N-dealkylation sites (N-methyl/N-ethyl adjacent to an activating group) is 1. The van der Waals surface area contributed by atoms with Gasteiger partial charge in [0.15, 0.2) is 0 Å². The van der Waals surface area contributed by atoms with Crippen LogP contribution in [0.5, 0.6) is 0 Å². The first-order valence-corrected chi connectivity index (χ1v) is 6.78. The predicted molar refractivity (Wildman–Crippen MR) is 76.9 cm³/mol. The number of nitrogens with two attached hydrogens (primary N) is 1. The van der Waals surface area contributed by atoms with E-state index >= 15 is 0 Å². The lowest BCUT2D eigenvalue weighted by atomic mass is 10.1. The van der Waals surface area contributed by atoms with Gasteiger partial charge in [-0.3, -0.25) is 4.79 Å². The summed E-state index contributed by atoms with van der Waals surface area (Å²) in [5, 5.41) is 0. The number of esters is 1. The summed E-state index contributed by atoms with van der Waals surface area (Å²) in [5.41, 5.74) is 7.08. The number of carbonyl (C=O) groups is 1. The lowest BCUT2D eigenvalue weighted by molar-refractivity contribution is -0.144. The van der Waals surface area contributed by atoms with Gasteiger partial charge in [-0.2, -0.15) is 0 Å². The standard InChI is InChI=1S/C15H24N2O2/c1-3-19-15(18)14(16)10-12-17(2)11-9-13-7-5-4-6-8-13/h4-8,14H,3,9-12,16H2,1-2H3. The third kappa shape index (κ3) is 6.36. The molecule has 4 heteroatoms. The number of hydrogen-bond acceptors (Lipinski definition) is 4. The number of ether oxygens (including phenoxy) is 1. The van der Waals surface area contributed by atoms with Gasteiger partial charge >= 0.3 is 5.97 Å². The Balaban J connectivity index is 2.21. The van der Waals surface area contributed by atoms with Gasteiger partial charge in [-0.25, -0.2) is 0 Å². The van der Waals surface area contributed by atoms with E-state index in [1.54, 1.807) is 6.92 Å². The van der Waals surface area contributed by atoms with Gasteiger partial charge in [-0.1, -0.05) is 30.3 Å². The molecular weight excluding hydrogens is 240 g/mol. The van der Waals surface area contributed by atoms with Gasteiger partial charge in [-0.05, 0) is 38.9 Å². The molecule has 0 aromatic heterocycles. The van der Waals surface area contributed by atoms with Crippen molar-refractivity contribution in [3.05, 3.63) is 35.9 Å². The van der Waals surface area contributed by atoms with Gasteiger partial charge in [0.1, 0.15) is 6.04 Å². The van der Waals surface area contributed by atoms with E-state index in [0.717, 1.165) is 19.5 Å². The highest BCUT2D eigenvalue weighted by atomic mass is 16.5. The van der Waals surface area contributed by atoms with Gasteiger partial charge in [0, 0.05) is 6.54 Å². The SMILES string of the molecule is CCOC(=O)C(N)CCN(C)CCc1ccccc1. The van der Waals surface area contributed by atoms with Gasteiger partial charge in [0.05, 0.1) is 6.61 Å². The van der Waals surface area contributed by atoms with Gasteiger partial charge in [0.2, 0.25) is 0 Å². The Morgan fingerprint density at radius 2 is 2.00 bits per heavy atom. The molecule has 0 saturated heterocycles. The average Bonchev–Trinajstić information content (AvgIpc) is 2.43. The molecule has 0 heterocycles. The Hall–Kier alpha value is -1.39. The highest BCUT2D eigenvalue weighted by Crippen LogP contribution is 2.02. The maximum absolute atomic E-state index is 11.4. The molecule has 1 aromatic carbocycles. The molecule has 0 fully saturated rings. The van der Waals surface area contributed by atoms with Gasteiger partial charge < -0.3 is 15.4 Å². The minimum atomic E-state index is -0.515. The number of carbonyl (C=O) groups excluding carboxylic acids is 1. The smallest absolute Gasteiger partial charge is 0.322 e. The Morgan fingerprint density at radius 3 is 2.63 bits per heavy atom. The van der Waals surface area contributed by atoms with E-state index in [1.807, 2.05) is 25.2 Å². The summed E-state index contributed by atoms with van der Waals surface area (Å²) >= 11 is 0. The lowest BCUT2D eigenvalue weighted by Crippen LogP contribution is -2.36. The van der Waals surface area contributed by atoms with Crippen LogP contribution in [0.25, 0.3) is 0 Å². The van der Waals surface area contributed by atoms with Crippen molar-refractivity contribution < 1.29 is 9.53 Å². The van der Waals surface area contributed by atoms with Crippen LogP contribution in [0.3, 0.4) is 0 Å². The first-order valence-electron chi connectivity index (χ1n) is 6.78. The Morgan fingerprint density at radius 1 is 1.32 bits per heavy atom. The summed E-state index contributed by atoms with van der Waals surface area (Å²) in [6, 6.07) is 9.85. The van der Waals surface area contributed by atoms with Crippen LogP contribution in [0.15, 0.2) is 30.3 Å². The summed E-state index contributed by atoms with van der Waals surface area (Å²) < 4.78 is 4.88. The van der Waals surface area contributed by atoms with Crippen LogP contribution in [-0.2, 0) is 16.0 Å². The van der Waals surface area contributed by atoms with E-state index in [0.29, 0.717) is 13.0 Å². The number of hydrogen-bond donors (Lipinski definition) is 1. The van der Waals surface area contributed by atoms with E-state index in [-0.39, 0.29) is 5.97 Å². The monoisotopic (exact) mass is 264 g/mol. The minimum absolute atomic E-state index is 0.307. The molecule has 1 unspecified atom stereocenters. The van der Waals surface area contributed by atoms with Crippen molar-refractivity contribution in [2.75, 3.05) is 26.7 Å². The van der Waals surface area contributed by atoms with E-state index in [9.17, 15) is 4.79 Å². The number of rotatable bonds is 8. The number of nitrogens with zero attached hydrogens (tertiary/aromatic N) is 1. The highest BCUT2D eigenvalue weighted by molar-refractivity contribution is 5.75. The largest absolute Gasteiger partial charge is 0.465 e. The first-order chi connectivity index (χ1) is 9.13. The summed E-state index contributed by atoms with van der Waals surface area (Å²) in [5.74, 6) is -0.307. The van der Waals surface area contributed by atoms with Crippen LogP contribution >= 0.6 is 0 Å². The molecule has 0 spiro atoms. The molecular formula is C15H24N2O2. The highest BCUT2D eigenvalue weighted by Gasteiger charge is 2.14. The fourth-order valence-electron chi connectivity index (χ4n) is 1.80. The maximum atomic E-state index is 11.4. The van der Waals surface area contributed by atoms with Crippen molar-refractivity contribution in [1.29, 1.82) is 0 Å². The second-order valence-electron chi connectivity index (χ2n) is 4.69. The zero-order valence-electron chi connectivity index (χ0n) is 11.8. The van der Waals surface area contributed by atoms with Crippen LogP contribution in [0.1, 0.15) is 18.9 Å². The van der Waals surface area contributed by atoms with Crippen LogP contribution in [0, 0.1) is 0 Å². The zero-order chi connectivity index (χ0) is 14.1. The van der Waals surface area contributed by atoms with Crippen molar-refractivity contribution in [3.63, 3.8) is 0 Å².